The van der Waals surface area contributed by atoms with Gasteiger partial charge in [0.1, 0.15) is 0 Å². The third kappa shape index (κ3) is 3.08. The molecule has 1 aromatic carbocycles. The van der Waals surface area contributed by atoms with Crippen LogP contribution in [0.3, 0.4) is 0 Å². The van der Waals surface area contributed by atoms with Gasteiger partial charge in [-0.2, -0.15) is 5.26 Å². The number of hydrogen-bond acceptors (Lipinski definition) is 3. The lowest BCUT2D eigenvalue weighted by Gasteiger charge is -2.11. The summed E-state index contributed by atoms with van der Waals surface area (Å²) >= 11 is 0. The van der Waals surface area contributed by atoms with Gasteiger partial charge in [-0.1, -0.05) is 0 Å². The normalized spacial score (nSPS) is 11.8. The molecule has 14 heavy (non-hydrogen) atoms. The van der Waals surface area contributed by atoms with Crippen LogP contribution in [0.5, 0.6) is 0 Å². The van der Waals surface area contributed by atoms with Crippen LogP contribution >= 0.6 is 0 Å². The van der Waals surface area contributed by atoms with Gasteiger partial charge in [-0.05, 0) is 31.2 Å². The third-order valence-electron chi connectivity index (χ3n) is 2.01. The van der Waals surface area contributed by atoms with Crippen molar-refractivity contribution in [1.82, 2.24) is 0 Å². The first-order valence-electron chi connectivity index (χ1n) is 4.53. The number of ether oxygens (including phenoxy) is 1. The number of nitrogens with zero attached hydrogens (tertiary/aromatic N) is 1. The summed E-state index contributed by atoms with van der Waals surface area (Å²) in [5.74, 6) is 0. The Morgan fingerprint density at radius 2 is 2.07 bits per heavy atom. The lowest BCUT2D eigenvalue weighted by atomic mass is 10.2. The Kier molecular flexibility index (Phi) is 3.96. The topological polar surface area (TPSA) is 45.0 Å². The summed E-state index contributed by atoms with van der Waals surface area (Å²) in [6.07, 6.45) is 0.186. The zero-order chi connectivity index (χ0) is 10.4. The SMILES string of the molecule is COC(C)CNc1ccc(C#N)cc1. The van der Waals surface area contributed by atoms with Crippen molar-refractivity contribution in [2.45, 2.75) is 13.0 Å². The van der Waals surface area contributed by atoms with Gasteiger partial charge in [0.05, 0.1) is 17.7 Å². The Labute approximate surface area is 84.3 Å². The van der Waals surface area contributed by atoms with Gasteiger partial charge >= 0.3 is 0 Å². The summed E-state index contributed by atoms with van der Waals surface area (Å²) in [4.78, 5) is 0. The molecular formula is C11H14N2O. The molecule has 0 aliphatic heterocycles. The van der Waals surface area contributed by atoms with E-state index < -0.39 is 0 Å². The van der Waals surface area contributed by atoms with Crippen LogP contribution in [0.2, 0.25) is 0 Å². The number of rotatable bonds is 4. The summed E-state index contributed by atoms with van der Waals surface area (Å²) in [5, 5.41) is 11.8. The molecular weight excluding hydrogens is 176 g/mol. The van der Waals surface area contributed by atoms with E-state index in [1.807, 2.05) is 19.1 Å². The maximum absolute atomic E-state index is 8.59. The van der Waals surface area contributed by atoms with Gasteiger partial charge in [0.2, 0.25) is 0 Å². The summed E-state index contributed by atoms with van der Waals surface area (Å²) in [5.41, 5.74) is 1.68. The maximum Gasteiger partial charge on any atom is 0.0991 e. The Morgan fingerprint density at radius 3 is 2.57 bits per heavy atom. The minimum Gasteiger partial charge on any atom is -0.382 e. The number of benzene rings is 1. The van der Waals surface area contributed by atoms with E-state index in [9.17, 15) is 0 Å². The molecule has 0 spiro atoms. The lowest BCUT2D eigenvalue weighted by Crippen LogP contribution is -2.17. The van der Waals surface area contributed by atoms with Crippen LogP contribution in [0.4, 0.5) is 5.69 Å². The predicted octanol–water partition coefficient (Wildman–Crippen LogP) is 2.01. The van der Waals surface area contributed by atoms with Crippen molar-refractivity contribution in [3.05, 3.63) is 29.8 Å². The number of methoxy groups -OCH3 is 1. The first-order valence-corrected chi connectivity index (χ1v) is 4.53. The molecule has 1 aromatic rings. The molecule has 0 aliphatic rings. The lowest BCUT2D eigenvalue weighted by molar-refractivity contribution is 0.129. The van der Waals surface area contributed by atoms with E-state index in [-0.39, 0.29) is 6.10 Å². The molecule has 0 aliphatic carbocycles. The van der Waals surface area contributed by atoms with Crippen molar-refractivity contribution in [3.63, 3.8) is 0 Å². The average Bonchev–Trinajstić information content (AvgIpc) is 2.26. The highest BCUT2D eigenvalue weighted by Gasteiger charge is 1.98. The molecule has 0 saturated heterocycles. The predicted molar refractivity (Wildman–Crippen MR) is 56.1 cm³/mol. The molecule has 0 bridgehead atoms. The molecule has 1 N–H and O–H groups in total. The van der Waals surface area contributed by atoms with Crippen molar-refractivity contribution in [3.8, 4) is 6.07 Å². The monoisotopic (exact) mass is 190 g/mol. The van der Waals surface area contributed by atoms with E-state index >= 15 is 0 Å². The Bertz CT molecular complexity index is 313. The number of hydrogen-bond donors (Lipinski definition) is 1. The highest BCUT2D eigenvalue weighted by atomic mass is 16.5. The van der Waals surface area contributed by atoms with Crippen LogP contribution in [0.1, 0.15) is 12.5 Å². The standard InChI is InChI=1S/C11H14N2O/c1-9(14-2)8-13-11-5-3-10(7-12)4-6-11/h3-6,9,13H,8H2,1-2H3. The van der Waals surface area contributed by atoms with Crippen molar-refractivity contribution in [1.29, 1.82) is 5.26 Å². The zero-order valence-corrected chi connectivity index (χ0v) is 8.45. The quantitative estimate of drug-likeness (QED) is 0.789. The van der Waals surface area contributed by atoms with E-state index in [0.29, 0.717) is 5.56 Å². The van der Waals surface area contributed by atoms with E-state index in [1.54, 1.807) is 19.2 Å². The second kappa shape index (κ2) is 5.25. The molecule has 1 unspecified atom stereocenters. The molecule has 0 fully saturated rings. The van der Waals surface area contributed by atoms with Gasteiger partial charge in [0.15, 0.2) is 0 Å². The van der Waals surface area contributed by atoms with Crippen LogP contribution in [0.15, 0.2) is 24.3 Å². The zero-order valence-electron chi connectivity index (χ0n) is 8.45. The molecule has 0 amide bonds. The van der Waals surface area contributed by atoms with Crippen molar-refractivity contribution >= 4 is 5.69 Å². The summed E-state index contributed by atoms with van der Waals surface area (Å²) in [7, 11) is 1.69. The van der Waals surface area contributed by atoms with Crippen LogP contribution in [0, 0.1) is 11.3 Å². The highest BCUT2D eigenvalue weighted by Crippen LogP contribution is 2.08. The minimum absolute atomic E-state index is 0.186. The van der Waals surface area contributed by atoms with Crippen LogP contribution < -0.4 is 5.32 Å². The van der Waals surface area contributed by atoms with E-state index in [4.69, 9.17) is 10.00 Å². The molecule has 0 saturated carbocycles. The third-order valence-corrected chi connectivity index (χ3v) is 2.01. The Morgan fingerprint density at radius 1 is 1.43 bits per heavy atom. The smallest absolute Gasteiger partial charge is 0.0991 e. The second-order valence-corrected chi connectivity index (χ2v) is 3.12. The number of nitrogens with one attached hydrogen (secondary N) is 1. The summed E-state index contributed by atoms with van der Waals surface area (Å²) in [6.45, 7) is 2.76. The first kappa shape index (κ1) is 10.6. The molecule has 1 atom stereocenters. The number of nitriles is 1. The Balaban J connectivity index is 2.49. The minimum atomic E-state index is 0.186. The van der Waals surface area contributed by atoms with Crippen molar-refractivity contribution in [2.75, 3.05) is 19.0 Å². The van der Waals surface area contributed by atoms with Crippen LogP contribution in [-0.4, -0.2) is 19.8 Å². The highest BCUT2D eigenvalue weighted by molar-refractivity contribution is 5.47. The van der Waals surface area contributed by atoms with Gasteiger partial charge in [-0.3, -0.25) is 0 Å². The fraction of sp³-hybridized carbons (Fsp3) is 0.364. The van der Waals surface area contributed by atoms with Gasteiger partial charge in [0.25, 0.3) is 0 Å². The Hall–Kier alpha value is -1.53. The van der Waals surface area contributed by atoms with E-state index in [0.717, 1.165) is 12.2 Å². The van der Waals surface area contributed by atoms with Crippen LogP contribution in [-0.2, 0) is 4.74 Å². The fourth-order valence-corrected chi connectivity index (χ4v) is 1.01. The second-order valence-electron chi connectivity index (χ2n) is 3.12. The van der Waals surface area contributed by atoms with Crippen molar-refractivity contribution < 1.29 is 4.74 Å². The first-order chi connectivity index (χ1) is 6.76. The van der Waals surface area contributed by atoms with Gasteiger partial charge in [0, 0.05) is 19.3 Å². The fourth-order valence-electron chi connectivity index (χ4n) is 1.01. The van der Waals surface area contributed by atoms with Gasteiger partial charge < -0.3 is 10.1 Å². The van der Waals surface area contributed by atoms with E-state index in [2.05, 4.69) is 11.4 Å². The largest absolute Gasteiger partial charge is 0.382 e. The molecule has 0 radical (unpaired) electrons. The van der Waals surface area contributed by atoms with Crippen molar-refractivity contribution in [2.24, 2.45) is 0 Å². The molecule has 3 nitrogen and oxygen atoms in total. The summed E-state index contributed by atoms with van der Waals surface area (Å²) in [6, 6.07) is 9.44. The summed E-state index contributed by atoms with van der Waals surface area (Å²) < 4.78 is 5.10. The average molecular weight is 190 g/mol. The maximum atomic E-state index is 8.59. The van der Waals surface area contributed by atoms with E-state index in [1.165, 1.54) is 0 Å². The van der Waals surface area contributed by atoms with Crippen LogP contribution in [0.25, 0.3) is 0 Å². The molecule has 0 heterocycles. The van der Waals surface area contributed by atoms with Gasteiger partial charge in [-0.15, -0.1) is 0 Å². The van der Waals surface area contributed by atoms with Gasteiger partial charge in [-0.25, -0.2) is 0 Å². The molecule has 1 rings (SSSR count). The number of anilines is 1. The molecule has 0 aromatic heterocycles. The molecule has 3 heteroatoms. The molecule has 74 valence electrons.